The number of esters is 1. The van der Waals surface area contributed by atoms with Gasteiger partial charge < -0.3 is 38.2 Å². The Morgan fingerprint density at radius 3 is 2.72 bits per heavy atom. The molecule has 0 saturated carbocycles. The van der Waals surface area contributed by atoms with Gasteiger partial charge in [-0.1, -0.05) is 32.3 Å². The SMILES string of the molecule is CCCCCCOc1nsnc1C1=CCC[N+](C)(COC(=O)[C@@H]2CCCN2C(=O)OC(C)(C)C)C1.[I-]. The van der Waals surface area contributed by atoms with Gasteiger partial charge >= 0.3 is 12.1 Å². The maximum atomic E-state index is 12.9. The Hall–Kier alpha value is -1.47. The van der Waals surface area contributed by atoms with E-state index in [0.29, 0.717) is 36.5 Å². The highest BCUT2D eigenvalue weighted by molar-refractivity contribution is 6.99. The maximum absolute atomic E-state index is 12.9. The van der Waals surface area contributed by atoms with Gasteiger partial charge in [-0.2, -0.15) is 4.37 Å². The number of nitrogens with zero attached hydrogens (tertiary/aromatic N) is 4. The van der Waals surface area contributed by atoms with Crippen molar-refractivity contribution >= 4 is 29.4 Å². The van der Waals surface area contributed by atoms with Gasteiger partial charge in [-0.25, -0.2) is 9.59 Å². The molecular weight excluding hydrogens is 595 g/mol. The molecule has 11 heteroatoms. The van der Waals surface area contributed by atoms with Crippen LogP contribution in [-0.2, 0) is 14.3 Å². The van der Waals surface area contributed by atoms with Crippen molar-refractivity contribution in [3.8, 4) is 5.88 Å². The fraction of sp³-hybridized carbons (Fsp3) is 0.760. The quantitative estimate of drug-likeness (QED) is 0.167. The van der Waals surface area contributed by atoms with Gasteiger partial charge in [0.05, 0.1) is 31.9 Å². The van der Waals surface area contributed by atoms with Crippen molar-refractivity contribution in [1.29, 1.82) is 0 Å². The molecule has 36 heavy (non-hydrogen) atoms. The lowest BCUT2D eigenvalue weighted by molar-refractivity contribution is -0.919. The molecule has 1 aromatic heterocycles. The summed E-state index contributed by atoms with van der Waals surface area (Å²) in [5.41, 5.74) is 1.27. The van der Waals surface area contributed by atoms with Crippen LogP contribution in [0.25, 0.3) is 5.57 Å². The Morgan fingerprint density at radius 1 is 1.22 bits per heavy atom. The number of likely N-dealkylation sites (tertiary alicyclic amines) is 1. The van der Waals surface area contributed by atoms with E-state index in [-0.39, 0.29) is 36.7 Å². The van der Waals surface area contributed by atoms with E-state index in [0.717, 1.165) is 55.2 Å². The van der Waals surface area contributed by atoms with Crippen molar-refractivity contribution in [1.82, 2.24) is 13.6 Å². The summed E-state index contributed by atoms with van der Waals surface area (Å²) >= 11 is 1.16. The van der Waals surface area contributed by atoms with Crippen molar-refractivity contribution in [2.24, 2.45) is 0 Å². The first kappa shape index (κ1) is 30.8. The van der Waals surface area contributed by atoms with Crippen LogP contribution in [0, 0.1) is 0 Å². The number of ether oxygens (including phenoxy) is 3. The molecule has 0 aliphatic carbocycles. The zero-order valence-corrected chi connectivity index (χ0v) is 25.2. The number of carbonyl (C=O) groups excluding carboxylic acids is 2. The summed E-state index contributed by atoms with van der Waals surface area (Å²) in [5.74, 6) is 0.234. The van der Waals surface area contributed by atoms with Gasteiger partial charge in [-0.15, -0.1) is 4.37 Å². The van der Waals surface area contributed by atoms with Crippen LogP contribution in [0.3, 0.4) is 0 Å². The first-order valence-electron chi connectivity index (χ1n) is 12.8. The molecule has 2 aliphatic heterocycles. The normalized spacial score (nSPS) is 22.0. The van der Waals surface area contributed by atoms with Crippen LogP contribution in [0.15, 0.2) is 6.08 Å². The van der Waals surface area contributed by atoms with Crippen LogP contribution in [0.5, 0.6) is 5.88 Å². The molecule has 204 valence electrons. The van der Waals surface area contributed by atoms with Crippen LogP contribution in [0.2, 0.25) is 0 Å². The van der Waals surface area contributed by atoms with Gasteiger partial charge in [-0.05, 0) is 40.0 Å². The number of hydrogen-bond acceptors (Lipinski definition) is 8. The minimum absolute atomic E-state index is 0. The van der Waals surface area contributed by atoms with Gasteiger partial charge in [-0.3, -0.25) is 9.38 Å². The van der Waals surface area contributed by atoms with Crippen molar-refractivity contribution in [3.63, 3.8) is 0 Å². The van der Waals surface area contributed by atoms with Crippen LogP contribution in [0.1, 0.15) is 78.3 Å². The molecule has 0 N–H and O–H groups in total. The molecule has 2 atom stereocenters. The predicted octanol–water partition coefficient (Wildman–Crippen LogP) is 1.64. The van der Waals surface area contributed by atoms with Crippen LogP contribution in [-0.4, -0.2) is 81.9 Å². The summed E-state index contributed by atoms with van der Waals surface area (Å²) in [6.45, 7) is 10.6. The molecule has 0 bridgehead atoms. The second-order valence-corrected chi connectivity index (χ2v) is 11.3. The third-order valence-electron chi connectivity index (χ3n) is 6.28. The molecule has 3 rings (SSSR count). The minimum atomic E-state index is -0.605. The van der Waals surface area contributed by atoms with E-state index in [1.54, 1.807) is 0 Å². The van der Waals surface area contributed by atoms with E-state index in [4.69, 9.17) is 14.2 Å². The summed E-state index contributed by atoms with van der Waals surface area (Å²) in [6.07, 6.45) is 8.49. The number of quaternary nitrogens is 1. The molecule has 1 amide bonds. The van der Waals surface area contributed by atoms with Crippen molar-refractivity contribution in [2.75, 3.05) is 40.0 Å². The van der Waals surface area contributed by atoms with E-state index < -0.39 is 17.7 Å². The fourth-order valence-electron chi connectivity index (χ4n) is 4.42. The molecule has 1 saturated heterocycles. The lowest BCUT2D eigenvalue weighted by atomic mass is 10.1. The highest BCUT2D eigenvalue weighted by Gasteiger charge is 2.39. The summed E-state index contributed by atoms with van der Waals surface area (Å²) in [7, 11) is 2.08. The summed E-state index contributed by atoms with van der Waals surface area (Å²) in [5, 5.41) is 0. The summed E-state index contributed by atoms with van der Waals surface area (Å²) in [4.78, 5) is 27.0. The maximum Gasteiger partial charge on any atom is 0.411 e. The van der Waals surface area contributed by atoms with Crippen LogP contribution < -0.4 is 28.7 Å². The standard InChI is InChI=1S/C25H41N4O5S.HI/c1-6-7-8-9-16-32-22-21(26-35-27-22)19-12-11-15-29(5,17-19)18-33-23(30)20-13-10-14-28(20)24(31)34-25(2,3)4;/h12,20H,6-11,13-18H2,1-5H3;1H/q+1;/p-1/t20-,29?;/m0./s1. The lowest BCUT2D eigenvalue weighted by Gasteiger charge is -2.37. The number of aromatic nitrogens is 2. The molecule has 2 aliphatic rings. The largest absolute Gasteiger partial charge is 1.00 e. The molecule has 1 fully saturated rings. The first-order valence-corrected chi connectivity index (χ1v) is 13.5. The topological polar surface area (TPSA) is 90.9 Å². The number of amides is 1. The number of halogens is 1. The van der Waals surface area contributed by atoms with Gasteiger partial charge in [0.25, 0.3) is 5.88 Å². The number of unbranched alkanes of at least 4 members (excludes halogenated alkanes) is 3. The molecule has 9 nitrogen and oxygen atoms in total. The highest BCUT2D eigenvalue weighted by atomic mass is 127. The van der Waals surface area contributed by atoms with Gasteiger partial charge in [0.2, 0.25) is 6.73 Å². The fourth-order valence-corrected chi connectivity index (χ4v) is 4.95. The zero-order valence-electron chi connectivity index (χ0n) is 22.3. The number of hydrogen-bond donors (Lipinski definition) is 0. The predicted molar refractivity (Wildman–Crippen MR) is 135 cm³/mol. The zero-order chi connectivity index (χ0) is 25.5. The lowest BCUT2D eigenvalue weighted by Crippen LogP contribution is -3.00. The number of rotatable bonds is 10. The Bertz CT molecular complexity index is 903. The van der Waals surface area contributed by atoms with E-state index >= 15 is 0 Å². The Labute approximate surface area is 236 Å². The Kier molecular flexibility index (Phi) is 11.9. The molecule has 3 heterocycles. The third kappa shape index (κ3) is 8.83. The van der Waals surface area contributed by atoms with Crippen molar-refractivity contribution in [3.05, 3.63) is 11.8 Å². The van der Waals surface area contributed by atoms with Crippen molar-refractivity contribution < 1.29 is 52.3 Å². The molecule has 0 radical (unpaired) electrons. The number of likely N-dealkylation sites (N-methyl/N-ethyl adjacent to an activating group) is 1. The number of carbonyl (C=O) groups is 2. The minimum Gasteiger partial charge on any atom is -1.00 e. The average Bonchev–Trinajstić information content (AvgIpc) is 3.46. The molecule has 1 aromatic rings. The van der Waals surface area contributed by atoms with E-state index in [2.05, 4.69) is 28.8 Å². The van der Waals surface area contributed by atoms with Crippen LogP contribution in [0.4, 0.5) is 4.79 Å². The van der Waals surface area contributed by atoms with E-state index in [1.165, 1.54) is 17.7 Å². The van der Waals surface area contributed by atoms with E-state index in [9.17, 15) is 9.59 Å². The first-order chi connectivity index (χ1) is 16.6. The smallest absolute Gasteiger partial charge is 0.411 e. The second-order valence-electron chi connectivity index (χ2n) is 10.8. The third-order valence-corrected chi connectivity index (χ3v) is 6.79. The van der Waals surface area contributed by atoms with Gasteiger partial charge in [0.1, 0.15) is 23.9 Å². The Morgan fingerprint density at radius 2 is 2.00 bits per heavy atom. The van der Waals surface area contributed by atoms with Gasteiger partial charge in [0, 0.05) is 18.5 Å². The molecular formula is C25H41IN4O5S. The van der Waals surface area contributed by atoms with Crippen LogP contribution >= 0.6 is 11.7 Å². The monoisotopic (exact) mass is 636 g/mol. The van der Waals surface area contributed by atoms with Gasteiger partial charge in [0.15, 0.2) is 0 Å². The summed E-state index contributed by atoms with van der Waals surface area (Å²) < 4.78 is 26.6. The van der Waals surface area contributed by atoms with Crippen molar-refractivity contribution in [2.45, 2.75) is 84.3 Å². The average molecular weight is 637 g/mol. The molecule has 0 spiro atoms. The Balaban J connectivity index is 0.00000456. The van der Waals surface area contributed by atoms with E-state index in [1.807, 2.05) is 20.8 Å². The summed E-state index contributed by atoms with van der Waals surface area (Å²) in [6, 6.07) is -0.591. The second kappa shape index (κ2) is 13.9. The highest BCUT2D eigenvalue weighted by Crippen LogP contribution is 2.30. The molecule has 0 aromatic carbocycles. The molecule has 1 unspecified atom stereocenters.